The molecule has 0 aliphatic rings. The maximum Gasteiger partial charge on any atom is 0.337 e. The normalized spacial score (nSPS) is 10.6. The summed E-state index contributed by atoms with van der Waals surface area (Å²) in [6.45, 7) is 1.88. The summed E-state index contributed by atoms with van der Waals surface area (Å²) in [6, 6.07) is 8.39. The number of carbonyl (C=O) groups excluding carboxylic acids is 1. The highest BCUT2D eigenvalue weighted by atomic mass is 16.6. The Morgan fingerprint density at radius 3 is 2.76 bits per heavy atom. The van der Waals surface area contributed by atoms with Crippen molar-refractivity contribution in [1.82, 2.24) is 9.97 Å². The molecular formula is C18H15N3O4. The number of nitrogens with zero attached hydrogens (tertiary/aromatic N) is 3. The van der Waals surface area contributed by atoms with E-state index >= 15 is 0 Å². The molecule has 0 saturated carbocycles. The molecule has 0 N–H and O–H groups in total. The van der Waals surface area contributed by atoms with Crippen molar-refractivity contribution in [2.24, 2.45) is 0 Å². The summed E-state index contributed by atoms with van der Waals surface area (Å²) < 4.78 is 4.70. The van der Waals surface area contributed by atoms with E-state index in [4.69, 9.17) is 4.74 Å². The van der Waals surface area contributed by atoms with Crippen LogP contribution < -0.4 is 0 Å². The first kappa shape index (κ1) is 16.5. The minimum atomic E-state index is -0.451. The molecule has 0 aliphatic heterocycles. The molecule has 0 atom stereocenters. The summed E-state index contributed by atoms with van der Waals surface area (Å²) in [5.74, 6) is -0.451. The number of non-ortho nitro benzene ring substituents is 1. The summed E-state index contributed by atoms with van der Waals surface area (Å²) in [5.41, 5.74) is 2.97. The van der Waals surface area contributed by atoms with E-state index in [-0.39, 0.29) is 5.69 Å². The number of hydrogen-bond donors (Lipinski definition) is 0. The Hall–Kier alpha value is -3.35. The third-order valence-electron chi connectivity index (χ3n) is 3.78. The number of pyridine rings is 2. The summed E-state index contributed by atoms with van der Waals surface area (Å²) in [7, 11) is 1.31. The Labute approximate surface area is 143 Å². The van der Waals surface area contributed by atoms with Crippen LogP contribution in [0.3, 0.4) is 0 Å². The molecule has 0 unspecified atom stereocenters. The van der Waals surface area contributed by atoms with Crippen LogP contribution in [0, 0.1) is 17.0 Å². The minimum absolute atomic E-state index is 0.0448. The van der Waals surface area contributed by atoms with Crippen molar-refractivity contribution < 1.29 is 14.5 Å². The molecule has 25 heavy (non-hydrogen) atoms. The standard InChI is InChI=1S/C18H15N3O4/c1-11-5-14-6-12(8-16(21(23)24)17(14)20-10-11)7-15-9-13(3-4-19-15)18(22)25-2/h3-6,8-10H,7H2,1-2H3. The van der Waals surface area contributed by atoms with E-state index in [0.717, 1.165) is 11.1 Å². The lowest BCUT2D eigenvalue weighted by Crippen LogP contribution is -2.03. The number of hydrogen-bond acceptors (Lipinski definition) is 6. The number of aromatic nitrogens is 2. The molecule has 7 nitrogen and oxygen atoms in total. The van der Waals surface area contributed by atoms with Gasteiger partial charge in [-0.05, 0) is 42.3 Å². The number of benzene rings is 1. The van der Waals surface area contributed by atoms with E-state index < -0.39 is 10.9 Å². The molecule has 7 heteroatoms. The zero-order valence-electron chi connectivity index (χ0n) is 13.7. The summed E-state index contributed by atoms with van der Waals surface area (Å²) >= 11 is 0. The van der Waals surface area contributed by atoms with Crippen LogP contribution >= 0.6 is 0 Å². The van der Waals surface area contributed by atoms with Crippen molar-refractivity contribution in [2.75, 3.05) is 7.11 Å². The highest BCUT2D eigenvalue weighted by Crippen LogP contribution is 2.27. The number of esters is 1. The van der Waals surface area contributed by atoms with E-state index in [1.165, 1.54) is 19.4 Å². The van der Waals surface area contributed by atoms with Gasteiger partial charge in [-0.3, -0.25) is 15.1 Å². The zero-order valence-corrected chi connectivity index (χ0v) is 13.7. The van der Waals surface area contributed by atoms with Crippen molar-refractivity contribution in [3.05, 3.63) is 75.2 Å². The van der Waals surface area contributed by atoms with Crippen molar-refractivity contribution in [1.29, 1.82) is 0 Å². The van der Waals surface area contributed by atoms with Crippen LogP contribution in [0.25, 0.3) is 10.9 Å². The quantitative estimate of drug-likeness (QED) is 0.412. The topological polar surface area (TPSA) is 95.2 Å². The van der Waals surface area contributed by atoms with Crippen LogP contribution in [0.5, 0.6) is 0 Å². The third-order valence-corrected chi connectivity index (χ3v) is 3.78. The van der Waals surface area contributed by atoms with Gasteiger partial charge in [0, 0.05) is 36.0 Å². The van der Waals surface area contributed by atoms with Gasteiger partial charge in [0.25, 0.3) is 5.69 Å². The van der Waals surface area contributed by atoms with Gasteiger partial charge in [0.2, 0.25) is 0 Å². The lowest BCUT2D eigenvalue weighted by atomic mass is 10.0. The number of fused-ring (bicyclic) bond motifs is 1. The average molecular weight is 337 g/mol. The molecule has 0 amide bonds. The molecule has 2 aromatic heterocycles. The molecule has 3 aromatic rings. The molecular weight excluding hydrogens is 322 g/mol. The number of rotatable bonds is 4. The van der Waals surface area contributed by atoms with Gasteiger partial charge in [-0.1, -0.05) is 0 Å². The molecule has 0 bridgehead atoms. The van der Waals surface area contributed by atoms with Crippen LogP contribution in [0.4, 0.5) is 5.69 Å². The van der Waals surface area contributed by atoms with Gasteiger partial charge in [-0.15, -0.1) is 0 Å². The zero-order chi connectivity index (χ0) is 18.0. The van der Waals surface area contributed by atoms with Crippen molar-refractivity contribution in [3.8, 4) is 0 Å². The van der Waals surface area contributed by atoms with Crippen LogP contribution in [0.2, 0.25) is 0 Å². The number of carbonyl (C=O) groups is 1. The van der Waals surface area contributed by atoms with Gasteiger partial charge in [-0.2, -0.15) is 0 Å². The summed E-state index contributed by atoms with van der Waals surface area (Å²) in [4.78, 5) is 31.0. The van der Waals surface area contributed by atoms with Gasteiger partial charge in [0.05, 0.1) is 17.6 Å². The van der Waals surface area contributed by atoms with Gasteiger partial charge >= 0.3 is 5.97 Å². The van der Waals surface area contributed by atoms with E-state index in [9.17, 15) is 14.9 Å². The number of nitro groups is 1. The Kier molecular flexibility index (Phi) is 4.38. The van der Waals surface area contributed by atoms with Gasteiger partial charge in [0.15, 0.2) is 0 Å². The molecule has 0 fully saturated rings. The molecule has 0 radical (unpaired) electrons. The molecule has 1 aromatic carbocycles. The number of ether oxygens (including phenoxy) is 1. The minimum Gasteiger partial charge on any atom is -0.465 e. The smallest absolute Gasteiger partial charge is 0.337 e. The molecule has 126 valence electrons. The lowest BCUT2D eigenvalue weighted by Gasteiger charge is -2.06. The van der Waals surface area contributed by atoms with Crippen LogP contribution in [0.15, 0.2) is 42.7 Å². The second-order valence-corrected chi connectivity index (χ2v) is 5.66. The van der Waals surface area contributed by atoms with Crippen molar-refractivity contribution in [3.63, 3.8) is 0 Å². The fourth-order valence-corrected chi connectivity index (χ4v) is 2.67. The van der Waals surface area contributed by atoms with E-state index in [1.807, 2.05) is 19.1 Å². The largest absolute Gasteiger partial charge is 0.465 e. The summed E-state index contributed by atoms with van der Waals surface area (Å²) in [5, 5.41) is 12.1. The Morgan fingerprint density at radius 2 is 2.04 bits per heavy atom. The Bertz CT molecular complexity index is 985. The fourth-order valence-electron chi connectivity index (χ4n) is 2.67. The molecule has 0 aliphatic carbocycles. The van der Waals surface area contributed by atoms with E-state index in [0.29, 0.717) is 28.6 Å². The van der Waals surface area contributed by atoms with Crippen LogP contribution in [-0.4, -0.2) is 28.0 Å². The van der Waals surface area contributed by atoms with Crippen molar-refractivity contribution in [2.45, 2.75) is 13.3 Å². The number of nitro benzene ring substituents is 1. The van der Waals surface area contributed by atoms with Crippen LogP contribution in [0.1, 0.15) is 27.2 Å². The highest BCUT2D eigenvalue weighted by molar-refractivity contribution is 5.89. The van der Waals surface area contributed by atoms with Gasteiger partial charge in [0.1, 0.15) is 5.52 Å². The van der Waals surface area contributed by atoms with E-state index in [2.05, 4.69) is 9.97 Å². The lowest BCUT2D eigenvalue weighted by molar-refractivity contribution is -0.383. The fraction of sp³-hybridized carbons (Fsp3) is 0.167. The maximum atomic E-state index is 11.6. The molecule has 2 heterocycles. The summed E-state index contributed by atoms with van der Waals surface area (Å²) in [6.07, 6.45) is 3.48. The SMILES string of the molecule is COC(=O)c1ccnc(Cc2cc([N+](=O)[O-])c3ncc(C)cc3c2)c1. The first-order valence-electron chi connectivity index (χ1n) is 7.55. The third kappa shape index (κ3) is 3.45. The average Bonchev–Trinajstić information content (AvgIpc) is 2.60. The molecule has 0 spiro atoms. The monoisotopic (exact) mass is 337 g/mol. The van der Waals surface area contributed by atoms with Gasteiger partial charge in [-0.25, -0.2) is 9.78 Å². The Morgan fingerprint density at radius 1 is 1.24 bits per heavy atom. The van der Waals surface area contributed by atoms with Crippen LogP contribution in [-0.2, 0) is 11.2 Å². The van der Waals surface area contributed by atoms with Crippen molar-refractivity contribution >= 4 is 22.6 Å². The first-order valence-corrected chi connectivity index (χ1v) is 7.55. The molecule has 0 saturated heterocycles. The van der Waals surface area contributed by atoms with Gasteiger partial charge < -0.3 is 4.74 Å². The predicted octanol–water partition coefficient (Wildman–Crippen LogP) is 3.22. The predicted molar refractivity (Wildman–Crippen MR) is 91.5 cm³/mol. The number of aryl methyl sites for hydroxylation is 1. The second kappa shape index (κ2) is 6.64. The Balaban J connectivity index is 2.04. The maximum absolute atomic E-state index is 11.6. The second-order valence-electron chi connectivity index (χ2n) is 5.66. The number of methoxy groups -OCH3 is 1. The highest BCUT2D eigenvalue weighted by Gasteiger charge is 2.16. The molecule has 3 rings (SSSR count). The van der Waals surface area contributed by atoms with E-state index in [1.54, 1.807) is 18.3 Å². The first-order chi connectivity index (χ1) is 12.0.